The van der Waals surface area contributed by atoms with Crippen LogP contribution in [0.4, 0.5) is 0 Å². The number of rotatable bonds is 2. The predicted octanol–water partition coefficient (Wildman–Crippen LogP) is 0.816. The molecule has 9 heteroatoms. The maximum Gasteiger partial charge on any atom is 2.00 e. The first-order chi connectivity index (χ1) is 10.2. The average molecular weight is 409 g/mol. The summed E-state index contributed by atoms with van der Waals surface area (Å²) in [5, 5.41) is 38.8. The normalized spacial score (nSPS) is 9.13. The first kappa shape index (κ1) is 21.2. The zero-order valence-electron chi connectivity index (χ0n) is 11.5. The Morgan fingerprint density at radius 3 is 1.30 bits per heavy atom. The van der Waals surface area contributed by atoms with E-state index in [9.17, 15) is 19.8 Å². The van der Waals surface area contributed by atoms with E-state index in [0.29, 0.717) is 0 Å². The van der Waals surface area contributed by atoms with E-state index < -0.39 is 11.9 Å². The summed E-state index contributed by atoms with van der Waals surface area (Å²) in [4.78, 5) is 20.5. The van der Waals surface area contributed by atoms with Crippen LogP contribution in [0, 0.1) is 0 Å². The molecule has 0 heterocycles. The fraction of sp³-hybridized carbons (Fsp3) is 0. The molecule has 2 rings (SSSR count). The maximum absolute atomic E-state index is 10.2. The summed E-state index contributed by atoms with van der Waals surface area (Å²) < 4.78 is 0. The topological polar surface area (TPSA) is 121 Å². The van der Waals surface area contributed by atoms with Crippen LogP contribution in [-0.4, -0.2) is 22.2 Å². The molecule has 2 N–H and O–H groups in total. The zero-order valence-corrected chi connectivity index (χ0v) is 15.9. The van der Waals surface area contributed by atoms with Crippen LogP contribution in [0.25, 0.3) is 0 Å². The van der Waals surface area contributed by atoms with E-state index in [2.05, 4.69) is 0 Å². The molecule has 2 aromatic carbocycles. The molecule has 0 aliphatic heterocycles. The molecule has 6 nitrogen and oxygen atoms in total. The Hall–Kier alpha value is -1.82. The zero-order chi connectivity index (χ0) is 16.9. The SMILES string of the molecule is O=C([O-])c1cc(Cl)ccc1O.O=C([O-])c1cc(Cl)ccc1O.[Zn+2]. The molecule has 116 valence electrons. The number of carbonyl (C=O) groups excluding carboxylic acids is 2. The third-order valence-corrected chi connectivity index (χ3v) is 2.83. The van der Waals surface area contributed by atoms with Crippen molar-refractivity contribution < 1.29 is 49.5 Å². The van der Waals surface area contributed by atoms with Gasteiger partial charge in [0.15, 0.2) is 0 Å². The van der Waals surface area contributed by atoms with Crippen LogP contribution in [0.5, 0.6) is 11.5 Å². The molecule has 0 unspecified atom stereocenters. The van der Waals surface area contributed by atoms with Crippen LogP contribution in [0.15, 0.2) is 36.4 Å². The van der Waals surface area contributed by atoms with Crippen molar-refractivity contribution in [1.29, 1.82) is 0 Å². The number of carbonyl (C=O) groups is 2. The maximum atomic E-state index is 10.2. The van der Waals surface area contributed by atoms with Crippen molar-refractivity contribution in [2.75, 3.05) is 0 Å². The number of hydrogen-bond donors (Lipinski definition) is 2. The van der Waals surface area contributed by atoms with Gasteiger partial charge in [0, 0.05) is 21.2 Å². The molecule has 0 amide bonds. The fourth-order valence-electron chi connectivity index (χ4n) is 1.34. The molecule has 0 aromatic heterocycles. The van der Waals surface area contributed by atoms with Gasteiger partial charge in [0.2, 0.25) is 0 Å². The van der Waals surface area contributed by atoms with Gasteiger partial charge in [-0.05, 0) is 36.4 Å². The third kappa shape index (κ3) is 6.44. The molecule has 0 saturated heterocycles. The minimum atomic E-state index is -1.44. The number of phenols is 2. The van der Waals surface area contributed by atoms with Crippen LogP contribution in [0.3, 0.4) is 0 Å². The standard InChI is InChI=1S/2C7H5ClO3.Zn/c2*8-4-1-2-6(9)5(3-4)7(10)11;/h2*1-3,9H,(H,10,11);/q;;+2/p-2. The van der Waals surface area contributed by atoms with Crippen molar-refractivity contribution in [3.05, 3.63) is 57.6 Å². The van der Waals surface area contributed by atoms with Crippen molar-refractivity contribution in [3.63, 3.8) is 0 Å². The molecule has 2 aromatic rings. The minimum absolute atomic E-state index is 0. The number of aromatic carboxylic acids is 2. The summed E-state index contributed by atoms with van der Waals surface area (Å²) >= 11 is 10.9. The molecule has 0 radical (unpaired) electrons. The van der Waals surface area contributed by atoms with E-state index in [-0.39, 0.29) is 52.1 Å². The summed E-state index contributed by atoms with van der Waals surface area (Å²) in [6, 6.07) is 7.45. The van der Waals surface area contributed by atoms with E-state index in [0.717, 1.165) is 12.1 Å². The summed E-state index contributed by atoms with van der Waals surface area (Å²) in [6.45, 7) is 0. The van der Waals surface area contributed by atoms with Crippen LogP contribution in [0.1, 0.15) is 20.7 Å². The Balaban J connectivity index is 0.000000403. The molecule has 23 heavy (non-hydrogen) atoms. The van der Waals surface area contributed by atoms with Gasteiger partial charge in [0.05, 0.1) is 11.9 Å². The summed E-state index contributed by atoms with van der Waals surface area (Å²) in [7, 11) is 0. The van der Waals surface area contributed by atoms with Gasteiger partial charge >= 0.3 is 19.5 Å². The Morgan fingerprint density at radius 2 is 1.09 bits per heavy atom. The van der Waals surface area contributed by atoms with E-state index in [4.69, 9.17) is 33.4 Å². The Bertz CT molecular complexity index is 659. The molecule has 0 bridgehead atoms. The van der Waals surface area contributed by atoms with Gasteiger partial charge in [-0.15, -0.1) is 0 Å². The van der Waals surface area contributed by atoms with Gasteiger partial charge in [-0.2, -0.15) is 0 Å². The van der Waals surface area contributed by atoms with Gasteiger partial charge in [-0.1, -0.05) is 23.2 Å². The molecule has 0 fully saturated rings. The van der Waals surface area contributed by atoms with Gasteiger partial charge in [-0.3, -0.25) is 0 Å². The smallest absolute Gasteiger partial charge is 0.545 e. The molecule has 0 saturated carbocycles. The van der Waals surface area contributed by atoms with Crippen molar-refractivity contribution >= 4 is 35.1 Å². The Labute approximate surface area is 153 Å². The molecule has 0 aliphatic rings. The van der Waals surface area contributed by atoms with Gasteiger partial charge in [-0.25, -0.2) is 0 Å². The molecule has 0 spiro atoms. The van der Waals surface area contributed by atoms with E-state index in [1.54, 1.807) is 0 Å². The third-order valence-electron chi connectivity index (χ3n) is 2.36. The number of halogens is 2. The first-order valence-electron chi connectivity index (χ1n) is 5.62. The summed E-state index contributed by atoms with van der Waals surface area (Å²) in [5.74, 6) is -3.56. The van der Waals surface area contributed by atoms with Crippen molar-refractivity contribution in [2.45, 2.75) is 0 Å². The number of benzene rings is 2. The quantitative estimate of drug-likeness (QED) is 0.710. The fourth-order valence-corrected chi connectivity index (χ4v) is 1.69. The summed E-state index contributed by atoms with van der Waals surface area (Å²) in [5.41, 5.74) is -0.588. The average Bonchev–Trinajstić information content (AvgIpc) is 2.44. The minimum Gasteiger partial charge on any atom is -0.545 e. The van der Waals surface area contributed by atoms with Crippen LogP contribution in [0.2, 0.25) is 10.0 Å². The van der Waals surface area contributed by atoms with E-state index in [1.807, 2.05) is 0 Å². The number of aromatic hydroxyl groups is 2. The van der Waals surface area contributed by atoms with Crippen LogP contribution < -0.4 is 10.2 Å². The van der Waals surface area contributed by atoms with Gasteiger partial charge in [0.25, 0.3) is 0 Å². The Kier molecular flexibility index (Phi) is 8.61. The second kappa shape index (κ2) is 9.35. The van der Waals surface area contributed by atoms with E-state index in [1.165, 1.54) is 24.3 Å². The second-order valence-electron chi connectivity index (χ2n) is 3.90. The van der Waals surface area contributed by atoms with Gasteiger partial charge < -0.3 is 30.0 Å². The van der Waals surface area contributed by atoms with Crippen molar-refractivity contribution in [3.8, 4) is 11.5 Å². The second-order valence-corrected chi connectivity index (χ2v) is 4.77. The van der Waals surface area contributed by atoms with Crippen LogP contribution in [-0.2, 0) is 19.5 Å². The van der Waals surface area contributed by atoms with Crippen molar-refractivity contribution in [1.82, 2.24) is 0 Å². The monoisotopic (exact) mass is 406 g/mol. The molecule has 0 atom stereocenters. The van der Waals surface area contributed by atoms with Crippen LogP contribution >= 0.6 is 23.2 Å². The molecule has 0 aliphatic carbocycles. The van der Waals surface area contributed by atoms with Crippen molar-refractivity contribution in [2.24, 2.45) is 0 Å². The first-order valence-corrected chi connectivity index (χ1v) is 6.37. The number of carboxylic acids is 2. The predicted molar refractivity (Wildman–Crippen MR) is 74.9 cm³/mol. The summed E-state index contributed by atoms with van der Waals surface area (Å²) in [6.07, 6.45) is 0. The molecular weight excluding hydrogens is 400 g/mol. The largest absolute Gasteiger partial charge is 2.00 e. The Morgan fingerprint density at radius 1 is 0.783 bits per heavy atom. The number of hydrogen-bond acceptors (Lipinski definition) is 6. The van der Waals surface area contributed by atoms with Gasteiger partial charge in [0.1, 0.15) is 11.5 Å². The van der Waals surface area contributed by atoms with E-state index >= 15 is 0 Å². The molecular formula is C14H8Cl2O6Zn. The number of carboxylic acid groups (broad SMARTS) is 2.